The van der Waals surface area contributed by atoms with Crippen molar-refractivity contribution in [1.82, 2.24) is 5.32 Å². The summed E-state index contributed by atoms with van der Waals surface area (Å²) in [5, 5.41) is 3.35. The zero-order valence-corrected chi connectivity index (χ0v) is 17.4. The van der Waals surface area contributed by atoms with Crippen molar-refractivity contribution >= 4 is 23.5 Å². The predicted molar refractivity (Wildman–Crippen MR) is 110 cm³/mol. The normalized spacial score (nSPS) is 12.2. The zero-order valence-electron chi connectivity index (χ0n) is 16.6. The van der Waals surface area contributed by atoms with Crippen LogP contribution in [-0.2, 0) is 19.7 Å². The molecule has 0 aliphatic rings. The molecule has 2 rings (SSSR count). The van der Waals surface area contributed by atoms with Crippen LogP contribution in [0.1, 0.15) is 44.9 Å². The fourth-order valence-corrected chi connectivity index (χ4v) is 2.72. The van der Waals surface area contributed by atoms with Gasteiger partial charge in [-0.25, -0.2) is 4.79 Å². The molecule has 0 unspecified atom stereocenters. The molecule has 0 aliphatic heterocycles. The predicted octanol–water partition coefficient (Wildman–Crippen LogP) is 4.44. The summed E-state index contributed by atoms with van der Waals surface area (Å²) in [4.78, 5) is 23.8. The van der Waals surface area contributed by atoms with Crippen molar-refractivity contribution in [1.29, 1.82) is 0 Å². The highest BCUT2D eigenvalue weighted by Gasteiger charge is 2.14. The number of amides is 1. The Morgan fingerprint density at radius 3 is 2.36 bits per heavy atom. The van der Waals surface area contributed by atoms with E-state index in [1.165, 1.54) is 5.56 Å². The van der Waals surface area contributed by atoms with Crippen molar-refractivity contribution in [3.63, 3.8) is 0 Å². The SMILES string of the molecule is C[C@@H](NC(=O)COC(=O)COc1ccc(C(C)(C)C)cc1)c1cccc(Cl)c1. The van der Waals surface area contributed by atoms with Gasteiger partial charge < -0.3 is 14.8 Å². The number of hydrogen-bond donors (Lipinski definition) is 1. The minimum atomic E-state index is -0.606. The molecule has 0 saturated heterocycles. The first-order valence-electron chi connectivity index (χ1n) is 9.09. The Labute approximate surface area is 171 Å². The number of esters is 1. The first-order chi connectivity index (χ1) is 13.1. The monoisotopic (exact) mass is 403 g/mol. The van der Waals surface area contributed by atoms with Gasteiger partial charge in [0.25, 0.3) is 5.91 Å². The standard InChI is InChI=1S/C22H26ClNO4/c1-15(16-6-5-7-18(23)12-16)24-20(25)13-28-21(26)14-27-19-10-8-17(9-11-19)22(2,3)4/h5-12,15H,13-14H2,1-4H3,(H,24,25)/t15-/m1/s1. The van der Waals surface area contributed by atoms with Gasteiger partial charge in [-0.2, -0.15) is 0 Å². The van der Waals surface area contributed by atoms with Gasteiger partial charge in [0, 0.05) is 5.02 Å². The van der Waals surface area contributed by atoms with E-state index in [4.69, 9.17) is 21.1 Å². The highest BCUT2D eigenvalue weighted by atomic mass is 35.5. The maximum atomic E-state index is 12.0. The number of rotatable bonds is 7. The minimum absolute atomic E-state index is 0.0487. The molecule has 1 amide bonds. The molecule has 0 radical (unpaired) electrons. The lowest BCUT2D eigenvalue weighted by Crippen LogP contribution is -2.31. The molecule has 0 saturated carbocycles. The van der Waals surface area contributed by atoms with Crippen LogP contribution in [0.3, 0.4) is 0 Å². The van der Waals surface area contributed by atoms with Crippen LogP contribution in [0.4, 0.5) is 0 Å². The van der Waals surface area contributed by atoms with E-state index in [1.807, 2.05) is 43.3 Å². The molecule has 0 heterocycles. The van der Waals surface area contributed by atoms with E-state index in [2.05, 4.69) is 26.1 Å². The molecule has 2 aromatic rings. The summed E-state index contributed by atoms with van der Waals surface area (Å²) in [5.74, 6) is -0.426. The highest BCUT2D eigenvalue weighted by Crippen LogP contribution is 2.24. The molecule has 1 atom stereocenters. The molecule has 0 fully saturated rings. The summed E-state index contributed by atoms with van der Waals surface area (Å²) in [6.07, 6.45) is 0. The average Bonchev–Trinajstić information content (AvgIpc) is 2.64. The topological polar surface area (TPSA) is 64.6 Å². The van der Waals surface area contributed by atoms with Crippen LogP contribution in [0.5, 0.6) is 5.75 Å². The van der Waals surface area contributed by atoms with Crippen LogP contribution in [0.25, 0.3) is 0 Å². The summed E-state index contributed by atoms with van der Waals surface area (Å²) >= 11 is 5.95. The molecule has 28 heavy (non-hydrogen) atoms. The van der Waals surface area contributed by atoms with Gasteiger partial charge in [-0.1, -0.05) is 56.6 Å². The third kappa shape index (κ3) is 6.89. The van der Waals surface area contributed by atoms with Crippen LogP contribution < -0.4 is 10.1 Å². The molecule has 0 spiro atoms. The number of carbonyl (C=O) groups excluding carboxylic acids is 2. The van der Waals surface area contributed by atoms with Gasteiger partial charge in [-0.05, 0) is 47.7 Å². The van der Waals surface area contributed by atoms with E-state index in [0.717, 1.165) is 5.56 Å². The Morgan fingerprint density at radius 1 is 1.07 bits per heavy atom. The number of carbonyl (C=O) groups is 2. The Kier molecular flexibility index (Phi) is 7.46. The average molecular weight is 404 g/mol. The first-order valence-corrected chi connectivity index (χ1v) is 9.47. The van der Waals surface area contributed by atoms with E-state index in [0.29, 0.717) is 10.8 Å². The third-order valence-electron chi connectivity index (χ3n) is 4.17. The maximum absolute atomic E-state index is 12.0. The maximum Gasteiger partial charge on any atom is 0.344 e. The van der Waals surface area contributed by atoms with Crippen molar-refractivity contribution < 1.29 is 19.1 Å². The lowest BCUT2D eigenvalue weighted by atomic mass is 9.87. The summed E-state index contributed by atoms with van der Waals surface area (Å²) in [5.41, 5.74) is 2.09. The second kappa shape index (κ2) is 9.60. The van der Waals surface area contributed by atoms with E-state index in [9.17, 15) is 9.59 Å². The molecule has 2 aromatic carbocycles. The minimum Gasteiger partial charge on any atom is -0.482 e. The first kappa shape index (κ1) is 21.8. The zero-order chi connectivity index (χ0) is 20.7. The third-order valence-corrected chi connectivity index (χ3v) is 4.40. The summed E-state index contributed by atoms with van der Waals surface area (Å²) in [7, 11) is 0. The van der Waals surface area contributed by atoms with Gasteiger partial charge in [-0.15, -0.1) is 0 Å². The Hall–Kier alpha value is -2.53. The summed E-state index contributed by atoms with van der Waals surface area (Å²) in [6.45, 7) is 7.58. The van der Waals surface area contributed by atoms with Gasteiger partial charge in [0.05, 0.1) is 6.04 Å². The van der Waals surface area contributed by atoms with Crippen LogP contribution >= 0.6 is 11.6 Å². The fraction of sp³-hybridized carbons (Fsp3) is 0.364. The fourth-order valence-electron chi connectivity index (χ4n) is 2.52. The van der Waals surface area contributed by atoms with E-state index >= 15 is 0 Å². The van der Waals surface area contributed by atoms with Crippen molar-refractivity contribution in [2.24, 2.45) is 0 Å². The largest absolute Gasteiger partial charge is 0.482 e. The van der Waals surface area contributed by atoms with Gasteiger partial charge in [-0.3, -0.25) is 4.79 Å². The van der Waals surface area contributed by atoms with E-state index in [1.54, 1.807) is 12.1 Å². The quantitative estimate of drug-likeness (QED) is 0.694. The van der Waals surface area contributed by atoms with Gasteiger partial charge in [0.1, 0.15) is 5.75 Å². The van der Waals surface area contributed by atoms with Gasteiger partial charge >= 0.3 is 5.97 Å². The molecule has 150 valence electrons. The Balaban J connectivity index is 1.73. The number of hydrogen-bond acceptors (Lipinski definition) is 4. The second-order valence-electron chi connectivity index (χ2n) is 7.57. The highest BCUT2D eigenvalue weighted by molar-refractivity contribution is 6.30. The molecule has 5 nitrogen and oxygen atoms in total. The molecule has 0 aliphatic carbocycles. The lowest BCUT2D eigenvalue weighted by Gasteiger charge is -2.19. The Bertz CT molecular complexity index is 812. The number of benzene rings is 2. The van der Waals surface area contributed by atoms with Crippen LogP contribution in [0.15, 0.2) is 48.5 Å². The number of ether oxygens (including phenoxy) is 2. The molecular formula is C22H26ClNO4. The number of nitrogens with one attached hydrogen (secondary N) is 1. The lowest BCUT2D eigenvalue weighted by molar-refractivity contribution is -0.150. The summed E-state index contributed by atoms with van der Waals surface area (Å²) in [6, 6.07) is 14.5. The van der Waals surface area contributed by atoms with Crippen LogP contribution in [-0.4, -0.2) is 25.1 Å². The Morgan fingerprint density at radius 2 is 1.75 bits per heavy atom. The molecule has 1 N–H and O–H groups in total. The van der Waals surface area contributed by atoms with Crippen LogP contribution in [0, 0.1) is 0 Å². The van der Waals surface area contributed by atoms with Gasteiger partial charge in [0.15, 0.2) is 13.2 Å². The molecule has 6 heteroatoms. The van der Waals surface area contributed by atoms with Crippen LogP contribution in [0.2, 0.25) is 5.02 Å². The molecule has 0 aromatic heterocycles. The smallest absolute Gasteiger partial charge is 0.344 e. The number of halogens is 1. The molecular weight excluding hydrogens is 378 g/mol. The van der Waals surface area contributed by atoms with Gasteiger partial charge in [0.2, 0.25) is 0 Å². The molecule has 0 bridgehead atoms. The van der Waals surface area contributed by atoms with E-state index in [-0.39, 0.29) is 24.7 Å². The second-order valence-corrected chi connectivity index (χ2v) is 8.00. The van der Waals surface area contributed by atoms with Crippen molar-refractivity contribution in [2.75, 3.05) is 13.2 Å². The van der Waals surface area contributed by atoms with Crippen molar-refractivity contribution in [3.05, 3.63) is 64.7 Å². The summed E-state index contributed by atoms with van der Waals surface area (Å²) < 4.78 is 10.4. The van der Waals surface area contributed by atoms with Crippen molar-refractivity contribution in [3.8, 4) is 5.75 Å². The van der Waals surface area contributed by atoms with Crippen molar-refractivity contribution in [2.45, 2.75) is 39.2 Å². The van der Waals surface area contributed by atoms with E-state index < -0.39 is 11.9 Å².